The number of nitrogen functional groups attached to an aromatic ring is 1. The lowest BCUT2D eigenvalue weighted by atomic mass is 10.2. The lowest BCUT2D eigenvalue weighted by molar-refractivity contribution is 0.848. The Bertz CT molecular complexity index is 729. The lowest BCUT2D eigenvalue weighted by Gasteiger charge is -2.05. The van der Waals surface area contributed by atoms with Crippen molar-refractivity contribution in [3.63, 3.8) is 0 Å². The van der Waals surface area contributed by atoms with Crippen molar-refractivity contribution >= 4 is 16.6 Å². The first kappa shape index (κ1) is 10.7. The van der Waals surface area contributed by atoms with E-state index in [0.29, 0.717) is 11.5 Å². The van der Waals surface area contributed by atoms with Crippen molar-refractivity contribution in [2.45, 2.75) is 13.8 Å². The van der Waals surface area contributed by atoms with Gasteiger partial charge in [-0.15, -0.1) is 0 Å². The highest BCUT2D eigenvalue weighted by molar-refractivity contribution is 5.83. The number of rotatable bonds is 1. The predicted octanol–water partition coefficient (Wildman–Crippen LogP) is 2.01. The Morgan fingerprint density at radius 2 is 1.94 bits per heavy atom. The number of hydrogen-bond donors (Lipinski definition) is 1. The maximum Gasteiger partial charge on any atom is 0.172 e. The standard InChI is InChI=1S/C13H13N5/c1-8-9(2)17-13(7-15-8)18-12-5-11(14)4-3-10(12)6-16-18/h3-7H,14H2,1-2H3. The van der Waals surface area contributed by atoms with Crippen molar-refractivity contribution in [3.8, 4) is 5.82 Å². The van der Waals surface area contributed by atoms with Gasteiger partial charge in [0.25, 0.3) is 0 Å². The molecule has 0 aliphatic rings. The van der Waals surface area contributed by atoms with E-state index in [1.54, 1.807) is 17.1 Å². The molecule has 0 saturated carbocycles. The van der Waals surface area contributed by atoms with E-state index in [4.69, 9.17) is 5.73 Å². The third-order valence-corrected chi connectivity index (χ3v) is 2.99. The van der Waals surface area contributed by atoms with Gasteiger partial charge in [-0.25, -0.2) is 9.67 Å². The van der Waals surface area contributed by atoms with Gasteiger partial charge in [-0.1, -0.05) is 0 Å². The van der Waals surface area contributed by atoms with Gasteiger partial charge in [0.15, 0.2) is 5.82 Å². The Morgan fingerprint density at radius 3 is 2.72 bits per heavy atom. The third kappa shape index (κ3) is 1.60. The molecule has 2 heterocycles. The van der Waals surface area contributed by atoms with Gasteiger partial charge in [0.2, 0.25) is 0 Å². The van der Waals surface area contributed by atoms with E-state index in [1.165, 1.54) is 0 Å². The van der Waals surface area contributed by atoms with Gasteiger partial charge in [0, 0.05) is 11.1 Å². The SMILES string of the molecule is Cc1ncc(-n2ncc3ccc(N)cc32)nc1C. The summed E-state index contributed by atoms with van der Waals surface area (Å²) in [5.41, 5.74) is 9.28. The molecule has 0 unspecified atom stereocenters. The monoisotopic (exact) mass is 239 g/mol. The molecule has 0 spiro atoms. The van der Waals surface area contributed by atoms with Crippen LogP contribution in [0.25, 0.3) is 16.7 Å². The molecule has 0 aliphatic heterocycles. The molecule has 18 heavy (non-hydrogen) atoms. The van der Waals surface area contributed by atoms with Crippen LogP contribution in [0.4, 0.5) is 5.69 Å². The molecule has 0 radical (unpaired) electrons. The quantitative estimate of drug-likeness (QED) is 0.659. The van der Waals surface area contributed by atoms with Gasteiger partial charge in [-0.2, -0.15) is 5.10 Å². The molecule has 0 bridgehead atoms. The van der Waals surface area contributed by atoms with Gasteiger partial charge in [-0.05, 0) is 32.0 Å². The van der Waals surface area contributed by atoms with Gasteiger partial charge in [0.1, 0.15) is 0 Å². The summed E-state index contributed by atoms with van der Waals surface area (Å²) >= 11 is 0. The Balaban J connectivity index is 2.24. The van der Waals surface area contributed by atoms with Gasteiger partial charge in [0.05, 0.1) is 29.3 Å². The summed E-state index contributed by atoms with van der Waals surface area (Å²) in [5, 5.41) is 5.37. The number of aryl methyl sites for hydroxylation is 2. The zero-order chi connectivity index (χ0) is 12.7. The Labute approximate surface area is 104 Å². The zero-order valence-electron chi connectivity index (χ0n) is 10.3. The van der Waals surface area contributed by atoms with Crippen LogP contribution in [0.1, 0.15) is 11.4 Å². The minimum atomic E-state index is 0.707. The summed E-state index contributed by atoms with van der Waals surface area (Å²) in [5.74, 6) is 0.707. The fourth-order valence-electron chi connectivity index (χ4n) is 1.85. The zero-order valence-corrected chi connectivity index (χ0v) is 10.3. The molecule has 2 aromatic heterocycles. The fraction of sp³-hybridized carbons (Fsp3) is 0.154. The highest BCUT2D eigenvalue weighted by Crippen LogP contribution is 2.19. The summed E-state index contributed by atoms with van der Waals surface area (Å²) < 4.78 is 1.76. The number of nitrogens with zero attached hydrogens (tertiary/aromatic N) is 4. The molecule has 5 heteroatoms. The Hall–Kier alpha value is -2.43. The number of aromatic nitrogens is 4. The normalized spacial score (nSPS) is 11.0. The van der Waals surface area contributed by atoms with Gasteiger partial charge >= 0.3 is 0 Å². The molecule has 3 aromatic rings. The molecule has 0 saturated heterocycles. The van der Waals surface area contributed by atoms with Crippen molar-refractivity contribution in [2.24, 2.45) is 0 Å². The average molecular weight is 239 g/mol. The molecule has 90 valence electrons. The molecular formula is C13H13N5. The second-order valence-electron chi connectivity index (χ2n) is 4.27. The molecule has 1 aromatic carbocycles. The predicted molar refractivity (Wildman–Crippen MR) is 70.5 cm³/mol. The van der Waals surface area contributed by atoms with Crippen LogP contribution in [-0.2, 0) is 0 Å². The minimum Gasteiger partial charge on any atom is -0.399 e. The number of benzene rings is 1. The highest BCUT2D eigenvalue weighted by Gasteiger charge is 2.07. The second-order valence-corrected chi connectivity index (χ2v) is 4.27. The summed E-state index contributed by atoms with van der Waals surface area (Å²) in [7, 11) is 0. The molecule has 0 amide bonds. The van der Waals surface area contributed by atoms with Crippen LogP contribution in [-0.4, -0.2) is 19.7 Å². The van der Waals surface area contributed by atoms with Crippen LogP contribution >= 0.6 is 0 Å². The summed E-state index contributed by atoms with van der Waals surface area (Å²) in [6.45, 7) is 3.87. The summed E-state index contributed by atoms with van der Waals surface area (Å²) in [6.07, 6.45) is 3.52. The number of nitrogens with two attached hydrogens (primary N) is 1. The van der Waals surface area contributed by atoms with E-state index in [1.807, 2.05) is 32.0 Å². The van der Waals surface area contributed by atoms with E-state index in [-0.39, 0.29) is 0 Å². The van der Waals surface area contributed by atoms with Crippen molar-refractivity contribution in [1.82, 2.24) is 19.7 Å². The average Bonchev–Trinajstić information content (AvgIpc) is 2.75. The first-order valence-corrected chi connectivity index (χ1v) is 5.69. The van der Waals surface area contributed by atoms with Gasteiger partial charge in [-0.3, -0.25) is 4.98 Å². The van der Waals surface area contributed by atoms with Crippen LogP contribution < -0.4 is 5.73 Å². The highest BCUT2D eigenvalue weighted by atomic mass is 15.3. The van der Waals surface area contributed by atoms with E-state index in [9.17, 15) is 0 Å². The topological polar surface area (TPSA) is 69.6 Å². The molecule has 0 atom stereocenters. The van der Waals surface area contributed by atoms with E-state index in [2.05, 4.69) is 15.1 Å². The molecule has 0 fully saturated rings. The molecular weight excluding hydrogens is 226 g/mol. The maximum atomic E-state index is 5.81. The number of anilines is 1. The van der Waals surface area contributed by atoms with Gasteiger partial charge < -0.3 is 5.73 Å². The molecule has 0 aliphatic carbocycles. The maximum absolute atomic E-state index is 5.81. The first-order chi connectivity index (χ1) is 8.65. The van der Waals surface area contributed by atoms with Crippen LogP contribution in [0, 0.1) is 13.8 Å². The Morgan fingerprint density at radius 1 is 1.11 bits per heavy atom. The van der Waals surface area contributed by atoms with Crippen molar-refractivity contribution in [2.75, 3.05) is 5.73 Å². The fourth-order valence-corrected chi connectivity index (χ4v) is 1.85. The van der Waals surface area contributed by atoms with Crippen molar-refractivity contribution in [3.05, 3.63) is 42.0 Å². The van der Waals surface area contributed by atoms with Crippen LogP contribution in [0.2, 0.25) is 0 Å². The molecule has 3 rings (SSSR count). The van der Waals surface area contributed by atoms with Crippen molar-refractivity contribution < 1.29 is 0 Å². The van der Waals surface area contributed by atoms with E-state index < -0.39 is 0 Å². The summed E-state index contributed by atoms with van der Waals surface area (Å²) in [6, 6.07) is 5.70. The van der Waals surface area contributed by atoms with Crippen LogP contribution in [0.3, 0.4) is 0 Å². The van der Waals surface area contributed by atoms with Crippen LogP contribution in [0.5, 0.6) is 0 Å². The minimum absolute atomic E-state index is 0.707. The Kier molecular flexibility index (Phi) is 2.26. The number of hydrogen-bond acceptors (Lipinski definition) is 4. The second kappa shape index (κ2) is 3.80. The van der Waals surface area contributed by atoms with E-state index in [0.717, 1.165) is 22.3 Å². The van der Waals surface area contributed by atoms with E-state index >= 15 is 0 Å². The smallest absolute Gasteiger partial charge is 0.172 e. The largest absolute Gasteiger partial charge is 0.399 e. The number of fused-ring (bicyclic) bond motifs is 1. The molecule has 2 N–H and O–H groups in total. The third-order valence-electron chi connectivity index (χ3n) is 2.99. The first-order valence-electron chi connectivity index (χ1n) is 5.69. The molecule has 5 nitrogen and oxygen atoms in total. The van der Waals surface area contributed by atoms with Crippen LogP contribution in [0.15, 0.2) is 30.6 Å². The summed E-state index contributed by atoms with van der Waals surface area (Å²) in [4.78, 5) is 8.80. The lowest BCUT2D eigenvalue weighted by Crippen LogP contribution is -2.03. The van der Waals surface area contributed by atoms with Crippen molar-refractivity contribution in [1.29, 1.82) is 0 Å².